The Bertz CT molecular complexity index is 2570. The van der Waals surface area contributed by atoms with Crippen LogP contribution in [0.25, 0.3) is 33.2 Å². The topological polar surface area (TPSA) is 220 Å². The van der Waals surface area contributed by atoms with E-state index in [1.807, 2.05) is 55.5 Å². The molecule has 1 unspecified atom stereocenters. The average Bonchev–Trinajstić information content (AvgIpc) is 3.80. The first-order chi connectivity index (χ1) is 27.5. The Hall–Kier alpha value is -6.06. The van der Waals surface area contributed by atoms with Gasteiger partial charge in [0, 0.05) is 34.5 Å². The number of hydrogen-bond donors (Lipinski definition) is 5. The summed E-state index contributed by atoms with van der Waals surface area (Å²) >= 11 is 0. The van der Waals surface area contributed by atoms with Crippen molar-refractivity contribution in [3.8, 4) is 11.4 Å². The van der Waals surface area contributed by atoms with Gasteiger partial charge in [-0.05, 0) is 67.5 Å². The molecule has 2 aromatic carbocycles. The summed E-state index contributed by atoms with van der Waals surface area (Å²) in [5, 5.41) is 17.4. The van der Waals surface area contributed by atoms with Crippen molar-refractivity contribution >= 4 is 75.7 Å². The molecule has 0 saturated carbocycles. The standard InChI is InChI=1S/C42H43N7O8.ClH/c1-3-5-13-33(57-34(50)15-14-31(40(53)54)48-38(51)27(43)16-22-18-44-28-10-7-6-9-23(22)28)42(4-2)26-17-32-36-24(19-49(32)39(52)25(26)20-56-41(42)55)37-35-29(45-21-46-37)11-8-12-30(35)47-36;/h6-12,17-18,21,27,31,33,44H,3-5,13-16,19-20,43H2,1-2H3,(H,45,46)(H,48,51)(H,53,54);1H/t27-,31-,33?,42-;/m0./s1. The molecule has 0 bridgehead atoms. The highest BCUT2D eigenvalue weighted by atomic mass is 35.5. The smallest absolute Gasteiger partial charge is 0.326 e. The van der Waals surface area contributed by atoms with E-state index in [0.717, 1.165) is 45.2 Å². The number of amides is 1. The molecule has 1 amide bonds. The molecule has 0 fully saturated rings. The number of aliphatic carboxylic acids is 1. The van der Waals surface area contributed by atoms with Gasteiger partial charge in [-0.1, -0.05) is 44.5 Å². The maximum Gasteiger partial charge on any atom is 0.326 e. The zero-order valence-corrected chi connectivity index (χ0v) is 32.8. The Morgan fingerprint density at radius 1 is 1.10 bits per heavy atom. The molecule has 3 aliphatic heterocycles. The van der Waals surface area contributed by atoms with E-state index in [2.05, 4.69) is 20.6 Å². The number of fused-ring (bicyclic) bond motifs is 6. The molecular weight excluding hydrogens is 766 g/mol. The molecule has 6 N–H and O–H groups in total. The number of carbonyl (C=O) groups is 4. The monoisotopic (exact) mass is 809 g/mol. The first-order valence-electron chi connectivity index (χ1n) is 19.3. The van der Waals surface area contributed by atoms with Gasteiger partial charge in [-0.15, -0.1) is 12.4 Å². The van der Waals surface area contributed by atoms with Crippen molar-refractivity contribution in [2.24, 2.45) is 10.7 Å². The lowest BCUT2D eigenvalue weighted by Crippen LogP contribution is -2.53. The number of hydrogen-bond acceptors (Lipinski definition) is 11. The SMILES string of the molecule is CCCCC(OC(=O)CC[C@H](NC(=O)[C@@H](N)Cc1c[nH]c2ccccc12)C(=O)O)[C@@]1(CC)C(=O)OCc2c1cc1n(c2=O)Cc2c-1nc1cccc3c1c2N=CN3.Cl. The zero-order valence-electron chi connectivity index (χ0n) is 32.0. The van der Waals surface area contributed by atoms with Crippen LogP contribution in [-0.2, 0) is 53.6 Å². The summed E-state index contributed by atoms with van der Waals surface area (Å²) in [6.45, 7) is 3.75. The van der Waals surface area contributed by atoms with Crippen LogP contribution in [-0.4, -0.2) is 68.0 Å². The molecule has 0 aliphatic carbocycles. The summed E-state index contributed by atoms with van der Waals surface area (Å²) in [5.41, 5.74) is 11.0. The van der Waals surface area contributed by atoms with E-state index in [1.165, 1.54) is 0 Å². The number of esters is 2. The van der Waals surface area contributed by atoms with Crippen molar-refractivity contribution in [2.75, 3.05) is 5.32 Å². The van der Waals surface area contributed by atoms with Crippen LogP contribution in [0.1, 0.15) is 74.6 Å². The van der Waals surface area contributed by atoms with Crippen LogP contribution in [0, 0.1) is 0 Å². The number of nitrogens with one attached hydrogen (secondary N) is 3. The Morgan fingerprint density at radius 3 is 2.69 bits per heavy atom. The summed E-state index contributed by atoms with van der Waals surface area (Å²) in [7, 11) is 0. The minimum atomic E-state index is -1.54. The number of unbranched alkanes of at least 4 members (excludes halogenated alkanes) is 1. The number of carboxylic acids is 1. The van der Waals surface area contributed by atoms with Gasteiger partial charge in [-0.3, -0.25) is 19.2 Å². The zero-order chi connectivity index (χ0) is 40.0. The number of carbonyl (C=O) groups excluding carboxylic acids is 3. The van der Waals surface area contributed by atoms with Crippen LogP contribution >= 0.6 is 12.4 Å². The van der Waals surface area contributed by atoms with E-state index in [0.29, 0.717) is 34.5 Å². The predicted molar refractivity (Wildman–Crippen MR) is 220 cm³/mol. The Morgan fingerprint density at radius 2 is 1.91 bits per heavy atom. The lowest BCUT2D eigenvalue weighted by molar-refractivity contribution is -0.169. The van der Waals surface area contributed by atoms with Gasteiger partial charge in [0.1, 0.15) is 24.2 Å². The summed E-state index contributed by atoms with van der Waals surface area (Å²) in [5.74, 6) is -3.39. The van der Waals surface area contributed by atoms with Crippen molar-refractivity contribution in [2.45, 2.75) is 95.5 Å². The fourth-order valence-corrected chi connectivity index (χ4v) is 8.55. The number of para-hydroxylation sites is 1. The van der Waals surface area contributed by atoms with Crippen LogP contribution in [0.4, 0.5) is 11.4 Å². The number of cyclic esters (lactones) is 1. The second kappa shape index (κ2) is 16.1. The molecule has 16 heteroatoms. The third kappa shape index (κ3) is 6.77. The lowest BCUT2D eigenvalue weighted by Gasteiger charge is -2.41. The second-order valence-electron chi connectivity index (χ2n) is 14.8. The van der Waals surface area contributed by atoms with E-state index in [4.69, 9.17) is 20.2 Å². The van der Waals surface area contributed by atoms with Crippen LogP contribution in [0.3, 0.4) is 0 Å². The number of rotatable bonds is 14. The minimum Gasteiger partial charge on any atom is -0.480 e. The van der Waals surface area contributed by atoms with Crippen molar-refractivity contribution in [3.63, 3.8) is 0 Å². The largest absolute Gasteiger partial charge is 0.480 e. The molecule has 15 nitrogen and oxygen atoms in total. The maximum absolute atomic E-state index is 14.3. The molecule has 5 aromatic rings. The highest BCUT2D eigenvalue weighted by molar-refractivity contribution is 6.09. The van der Waals surface area contributed by atoms with E-state index in [9.17, 15) is 29.1 Å². The van der Waals surface area contributed by atoms with Crippen molar-refractivity contribution in [3.05, 3.63) is 87.3 Å². The Labute approximate surface area is 338 Å². The third-order valence-corrected chi connectivity index (χ3v) is 11.6. The van der Waals surface area contributed by atoms with E-state index < -0.39 is 47.4 Å². The number of ether oxygens (including phenoxy) is 2. The van der Waals surface area contributed by atoms with Gasteiger partial charge in [0.15, 0.2) is 0 Å². The van der Waals surface area contributed by atoms with Crippen LogP contribution < -0.4 is 21.9 Å². The molecule has 58 heavy (non-hydrogen) atoms. The highest BCUT2D eigenvalue weighted by Gasteiger charge is 2.54. The van der Waals surface area contributed by atoms with Crippen LogP contribution in [0.2, 0.25) is 0 Å². The maximum atomic E-state index is 14.3. The number of anilines is 1. The van der Waals surface area contributed by atoms with Crippen molar-refractivity contribution < 1.29 is 33.8 Å². The summed E-state index contributed by atoms with van der Waals surface area (Å²) in [4.78, 5) is 80.2. The molecule has 3 aliphatic rings. The summed E-state index contributed by atoms with van der Waals surface area (Å²) in [6.07, 6.45) is 3.57. The molecule has 8 rings (SSSR count). The number of nitrogens with zero attached hydrogens (tertiary/aromatic N) is 3. The average molecular weight is 810 g/mol. The first kappa shape index (κ1) is 40.1. The molecule has 0 saturated heterocycles. The van der Waals surface area contributed by atoms with Crippen LogP contribution in [0.5, 0.6) is 0 Å². The fraction of sp³-hybridized carbons (Fsp3) is 0.357. The van der Waals surface area contributed by atoms with E-state index >= 15 is 0 Å². The molecule has 0 spiro atoms. The van der Waals surface area contributed by atoms with Gasteiger partial charge >= 0.3 is 17.9 Å². The van der Waals surface area contributed by atoms with Crippen molar-refractivity contribution in [1.29, 1.82) is 0 Å². The molecule has 6 heterocycles. The first-order valence-corrected chi connectivity index (χ1v) is 19.3. The number of halogens is 1. The number of H-pyrrole nitrogens is 1. The number of aliphatic imine (C=N–C) groups is 1. The number of pyridine rings is 2. The van der Waals surface area contributed by atoms with Gasteiger partial charge in [-0.2, -0.15) is 0 Å². The number of aromatic amines is 1. The predicted octanol–water partition coefficient (Wildman–Crippen LogP) is 5.14. The lowest BCUT2D eigenvalue weighted by atomic mass is 9.69. The van der Waals surface area contributed by atoms with Gasteiger partial charge in [-0.25, -0.2) is 14.8 Å². The van der Waals surface area contributed by atoms with Gasteiger partial charge in [0.2, 0.25) is 5.91 Å². The number of carboxylic acid groups (broad SMARTS) is 1. The normalized spacial score (nSPS) is 17.5. The molecular formula is C42H44ClN7O8. The number of aromatic nitrogens is 3. The van der Waals surface area contributed by atoms with Gasteiger partial charge in [0.25, 0.3) is 5.56 Å². The summed E-state index contributed by atoms with van der Waals surface area (Å²) in [6, 6.07) is 12.6. The van der Waals surface area contributed by atoms with Gasteiger partial charge < -0.3 is 40.5 Å². The van der Waals surface area contributed by atoms with E-state index in [-0.39, 0.29) is 63.2 Å². The van der Waals surface area contributed by atoms with Crippen molar-refractivity contribution in [1.82, 2.24) is 19.9 Å². The molecule has 4 atom stereocenters. The summed E-state index contributed by atoms with van der Waals surface area (Å²) < 4.78 is 13.5. The second-order valence-corrected chi connectivity index (χ2v) is 14.8. The Kier molecular flexibility index (Phi) is 11.1. The number of nitrogens with two attached hydrogens (primary N) is 1. The number of benzene rings is 2. The molecule has 0 radical (unpaired) electrons. The van der Waals surface area contributed by atoms with Gasteiger partial charge in [0.05, 0.1) is 52.8 Å². The highest BCUT2D eigenvalue weighted by Crippen LogP contribution is 2.47. The quantitative estimate of drug-likeness (QED) is 0.0907. The van der Waals surface area contributed by atoms with Crippen LogP contribution in [0.15, 0.2) is 64.5 Å². The van der Waals surface area contributed by atoms with E-state index in [1.54, 1.807) is 24.0 Å². The third-order valence-electron chi connectivity index (χ3n) is 11.6. The molecule has 302 valence electrons. The molecule has 3 aromatic heterocycles. The Balaban J connectivity index is 0.00000512. The minimum absolute atomic E-state index is 0. The fourth-order valence-electron chi connectivity index (χ4n) is 8.55.